The molecule has 2 heterocycles. The van der Waals surface area contributed by atoms with E-state index in [9.17, 15) is 5.11 Å². The second-order valence-corrected chi connectivity index (χ2v) is 7.01. The molecule has 1 aliphatic rings. The van der Waals surface area contributed by atoms with Crippen LogP contribution in [0.4, 0.5) is 0 Å². The van der Waals surface area contributed by atoms with E-state index in [0.717, 1.165) is 12.8 Å². The van der Waals surface area contributed by atoms with Gasteiger partial charge in [-0.1, -0.05) is 12.1 Å². The molecule has 0 amide bonds. The zero-order valence-electron chi connectivity index (χ0n) is 12.6. The summed E-state index contributed by atoms with van der Waals surface area (Å²) in [6, 6.07) is 10.4. The average molecular weight is 435 g/mol. The van der Waals surface area contributed by atoms with Crippen LogP contribution in [0.1, 0.15) is 24.3 Å². The second kappa shape index (κ2) is 6.39. The standard InChI is InChI=1S/C17H14IN3O3/c18-13-3-1-10(2-4-13)11-5-14(6-11)23-17-19-8-12(9-20-17)15-7-16(22)21-24-15/h1-4,7-9,11,14H,5-6H2,(H,21,22)/t11-,14+. The van der Waals surface area contributed by atoms with Crippen LogP contribution in [0.3, 0.4) is 0 Å². The van der Waals surface area contributed by atoms with Crippen molar-refractivity contribution >= 4 is 22.6 Å². The zero-order valence-corrected chi connectivity index (χ0v) is 14.8. The molecule has 0 atom stereocenters. The third kappa shape index (κ3) is 3.21. The number of aromatic nitrogens is 3. The number of benzene rings is 1. The molecule has 7 heteroatoms. The fraction of sp³-hybridized carbons (Fsp3) is 0.235. The van der Waals surface area contributed by atoms with Gasteiger partial charge in [0.25, 0.3) is 5.88 Å². The summed E-state index contributed by atoms with van der Waals surface area (Å²) >= 11 is 2.31. The van der Waals surface area contributed by atoms with Crippen LogP contribution in [-0.2, 0) is 0 Å². The van der Waals surface area contributed by atoms with Gasteiger partial charge in [0.15, 0.2) is 5.76 Å². The van der Waals surface area contributed by atoms with Gasteiger partial charge in [0.2, 0.25) is 0 Å². The Labute approximate surface area is 152 Å². The lowest BCUT2D eigenvalue weighted by atomic mass is 9.77. The first-order valence-electron chi connectivity index (χ1n) is 7.57. The normalized spacial score (nSPS) is 19.7. The minimum absolute atomic E-state index is 0.148. The third-order valence-electron chi connectivity index (χ3n) is 4.12. The molecule has 3 aromatic rings. The van der Waals surface area contributed by atoms with Gasteiger partial charge in [-0.15, -0.1) is 0 Å². The first-order valence-corrected chi connectivity index (χ1v) is 8.65. The van der Waals surface area contributed by atoms with E-state index >= 15 is 0 Å². The molecule has 0 unspecified atom stereocenters. The van der Waals surface area contributed by atoms with Crippen molar-refractivity contribution in [2.24, 2.45) is 0 Å². The van der Waals surface area contributed by atoms with Gasteiger partial charge in [0.1, 0.15) is 6.10 Å². The van der Waals surface area contributed by atoms with Gasteiger partial charge < -0.3 is 14.4 Å². The molecule has 1 aliphatic carbocycles. The monoisotopic (exact) mass is 435 g/mol. The highest BCUT2D eigenvalue weighted by atomic mass is 127. The van der Waals surface area contributed by atoms with Crippen LogP contribution in [0.25, 0.3) is 11.3 Å². The first kappa shape index (κ1) is 15.4. The number of nitrogens with zero attached hydrogens (tertiary/aromatic N) is 3. The smallest absolute Gasteiger partial charge is 0.316 e. The molecule has 122 valence electrons. The quantitative estimate of drug-likeness (QED) is 0.629. The predicted molar refractivity (Wildman–Crippen MR) is 94.7 cm³/mol. The lowest BCUT2D eigenvalue weighted by Crippen LogP contribution is -2.32. The number of hydrogen-bond acceptors (Lipinski definition) is 6. The van der Waals surface area contributed by atoms with E-state index in [2.05, 4.69) is 62.0 Å². The van der Waals surface area contributed by atoms with Crippen molar-refractivity contribution in [1.29, 1.82) is 0 Å². The van der Waals surface area contributed by atoms with Crippen LogP contribution in [0, 0.1) is 3.57 Å². The Kier molecular flexibility index (Phi) is 4.09. The van der Waals surface area contributed by atoms with Crippen molar-refractivity contribution < 1.29 is 14.4 Å². The van der Waals surface area contributed by atoms with Crippen LogP contribution in [-0.4, -0.2) is 26.3 Å². The summed E-state index contributed by atoms with van der Waals surface area (Å²) in [7, 11) is 0. The van der Waals surface area contributed by atoms with Gasteiger partial charge in [-0.25, -0.2) is 9.97 Å². The van der Waals surface area contributed by atoms with Gasteiger partial charge in [0, 0.05) is 22.0 Å². The molecule has 0 radical (unpaired) electrons. The van der Waals surface area contributed by atoms with Crippen molar-refractivity contribution in [2.75, 3.05) is 0 Å². The van der Waals surface area contributed by atoms with E-state index < -0.39 is 0 Å². The van der Waals surface area contributed by atoms with Gasteiger partial charge in [-0.3, -0.25) is 0 Å². The van der Waals surface area contributed by atoms with E-state index in [0.29, 0.717) is 23.3 Å². The summed E-state index contributed by atoms with van der Waals surface area (Å²) < 4.78 is 12.0. The van der Waals surface area contributed by atoms with E-state index in [-0.39, 0.29) is 12.0 Å². The maximum Gasteiger partial charge on any atom is 0.316 e. The van der Waals surface area contributed by atoms with E-state index in [1.807, 2.05) is 0 Å². The summed E-state index contributed by atoms with van der Waals surface area (Å²) in [6.07, 6.45) is 5.29. The molecule has 6 nitrogen and oxygen atoms in total. The zero-order chi connectivity index (χ0) is 16.5. The van der Waals surface area contributed by atoms with Crippen molar-refractivity contribution in [1.82, 2.24) is 15.1 Å². The Morgan fingerprint density at radius 3 is 2.46 bits per heavy atom. The fourth-order valence-corrected chi connectivity index (χ4v) is 3.08. The minimum Gasteiger partial charge on any atom is -0.491 e. The molecule has 1 N–H and O–H groups in total. The van der Waals surface area contributed by atoms with Crippen molar-refractivity contribution in [3.05, 3.63) is 51.9 Å². The summed E-state index contributed by atoms with van der Waals surface area (Å²) in [6.45, 7) is 0. The number of aromatic hydroxyl groups is 1. The van der Waals surface area contributed by atoms with E-state index in [4.69, 9.17) is 9.26 Å². The Balaban J connectivity index is 1.34. The molecule has 0 aliphatic heterocycles. The highest BCUT2D eigenvalue weighted by molar-refractivity contribution is 14.1. The van der Waals surface area contributed by atoms with Gasteiger partial charge in [-0.05, 0) is 64.2 Å². The number of hydrogen-bond donors (Lipinski definition) is 1. The molecule has 1 fully saturated rings. The third-order valence-corrected chi connectivity index (χ3v) is 4.84. The molecule has 1 saturated carbocycles. The summed E-state index contributed by atoms with van der Waals surface area (Å²) in [5.74, 6) is 0.798. The Morgan fingerprint density at radius 2 is 1.83 bits per heavy atom. The Bertz CT molecular complexity index is 827. The first-order chi connectivity index (χ1) is 11.7. The summed E-state index contributed by atoms with van der Waals surface area (Å²) in [4.78, 5) is 8.38. The molecule has 24 heavy (non-hydrogen) atoms. The van der Waals surface area contributed by atoms with Crippen LogP contribution >= 0.6 is 22.6 Å². The molecule has 0 bridgehead atoms. The van der Waals surface area contributed by atoms with Crippen LogP contribution in [0.5, 0.6) is 11.9 Å². The second-order valence-electron chi connectivity index (χ2n) is 5.76. The van der Waals surface area contributed by atoms with Crippen LogP contribution in [0.15, 0.2) is 47.2 Å². The average Bonchev–Trinajstić information content (AvgIpc) is 2.99. The van der Waals surface area contributed by atoms with Gasteiger partial charge in [0.05, 0.1) is 5.56 Å². The molecule has 0 saturated heterocycles. The maximum atomic E-state index is 9.19. The van der Waals surface area contributed by atoms with Crippen LogP contribution in [0.2, 0.25) is 0 Å². The summed E-state index contributed by atoms with van der Waals surface area (Å²) in [5.41, 5.74) is 2.00. The molecular formula is C17H14IN3O3. The highest BCUT2D eigenvalue weighted by Crippen LogP contribution is 2.38. The van der Waals surface area contributed by atoms with Crippen LogP contribution < -0.4 is 4.74 Å². The van der Waals surface area contributed by atoms with Crippen molar-refractivity contribution in [3.63, 3.8) is 0 Å². The summed E-state index contributed by atoms with van der Waals surface area (Å²) in [5, 5.41) is 12.6. The van der Waals surface area contributed by atoms with E-state index in [1.165, 1.54) is 15.2 Å². The number of rotatable bonds is 4. The SMILES string of the molecule is Oc1cc(-c2cnc(O[C@H]3C[C@@H](c4ccc(I)cc4)C3)nc2)on1. The molecule has 0 spiro atoms. The molecule has 1 aromatic carbocycles. The lowest BCUT2D eigenvalue weighted by molar-refractivity contribution is 0.0882. The maximum absolute atomic E-state index is 9.19. The number of ether oxygens (including phenoxy) is 1. The van der Waals surface area contributed by atoms with Crippen molar-refractivity contribution in [2.45, 2.75) is 24.9 Å². The highest BCUT2D eigenvalue weighted by Gasteiger charge is 2.32. The predicted octanol–water partition coefficient (Wildman–Crippen LogP) is 3.77. The van der Waals surface area contributed by atoms with Crippen molar-refractivity contribution in [3.8, 4) is 23.2 Å². The largest absolute Gasteiger partial charge is 0.491 e. The molecule has 2 aromatic heterocycles. The topological polar surface area (TPSA) is 81.3 Å². The Morgan fingerprint density at radius 1 is 1.12 bits per heavy atom. The van der Waals surface area contributed by atoms with Gasteiger partial charge in [-0.2, -0.15) is 0 Å². The van der Waals surface area contributed by atoms with Gasteiger partial charge >= 0.3 is 6.01 Å². The number of halogens is 1. The fourth-order valence-electron chi connectivity index (χ4n) is 2.72. The Hall–Kier alpha value is -2.16. The minimum atomic E-state index is -0.165. The lowest BCUT2D eigenvalue weighted by Gasteiger charge is -2.34. The molecule has 4 rings (SSSR count). The molecular weight excluding hydrogens is 421 g/mol. The van der Waals surface area contributed by atoms with E-state index in [1.54, 1.807) is 12.4 Å².